The number of fused-ring (bicyclic) bond motifs is 4. The third-order valence-corrected chi connectivity index (χ3v) is 6.92. The van der Waals surface area contributed by atoms with Crippen molar-refractivity contribution < 1.29 is 13.2 Å². The summed E-state index contributed by atoms with van der Waals surface area (Å²) in [5.41, 5.74) is 4.83. The molecule has 0 radical (unpaired) electrons. The van der Waals surface area contributed by atoms with E-state index in [1.807, 2.05) is 12.1 Å². The molecule has 1 aromatic heterocycles. The van der Waals surface area contributed by atoms with E-state index in [0.717, 1.165) is 42.7 Å². The van der Waals surface area contributed by atoms with E-state index < -0.39 is 16.1 Å². The molecule has 0 spiro atoms. The van der Waals surface area contributed by atoms with Gasteiger partial charge in [0.05, 0.1) is 0 Å². The predicted octanol–water partition coefficient (Wildman–Crippen LogP) is 0.990. The van der Waals surface area contributed by atoms with Crippen LogP contribution in [0.15, 0.2) is 48.5 Å². The van der Waals surface area contributed by atoms with Crippen molar-refractivity contribution in [3.63, 3.8) is 0 Å². The van der Waals surface area contributed by atoms with Crippen LogP contribution in [0.4, 0.5) is 0 Å². The second-order valence-electron chi connectivity index (χ2n) is 8.01. The van der Waals surface area contributed by atoms with Crippen molar-refractivity contribution in [3.8, 4) is 11.3 Å². The van der Waals surface area contributed by atoms with Crippen LogP contribution in [0, 0.1) is 0 Å². The second-order valence-corrected chi connectivity index (χ2v) is 9.50. The standard InChI is InChI=1S/C22H25N5O3S/c28-22-17-6-5-16-12-21-19-4-2-1-3-15(19)11-18(14-27(21)20(16)13-17)24-9-7-23-8-10-25-31(29,30)26-22/h1-6,12-13,18,23-25H,7-11,14H2,(H,26,28). The second kappa shape index (κ2) is 8.08. The monoisotopic (exact) mass is 439 g/mol. The summed E-state index contributed by atoms with van der Waals surface area (Å²) in [5, 5.41) is 7.88. The maximum atomic E-state index is 12.7. The number of hydrogen-bond donors (Lipinski definition) is 4. The van der Waals surface area contributed by atoms with E-state index in [4.69, 9.17) is 0 Å². The maximum absolute atomic E-state index is 12.7. The number of benzene rings is 2. The van der Waals surface area contributed by atoms with Crippen LogP contribution in [0.5, 0.6) is 0 Å². The highest BCUT2D eigenvalue weighted by atomic mass is 32.2. The van der Waals surface area contributed by atoms with Crippen molar-refractivity contribution in [2.24, 2.45) is 0 Å². The molecule has 2 aliphatic rings. The van der Waals surface area contributed by atoms with Gasteiger partial charge >= 0.3 is 10.2 Å². The van der Waals surface area contributed by atoms with E-state index in [-0.39, 0.29) is 12.6 Å². The molecule has 0 saturated carbocycles. The fourth-order valence-electron chi connectivity index (χ4n) is 4.43. The summed E-state index contributed by atoms with van der Waals surface area (Å²) in [6.45, 7) is 2.93. The molecule has 1 atom stereocenters. The van der Waals surface area contributed by atoms with Crippen LogP contribution >= 0.6 is 0 Å². The van der Waals surface area contributed by atoms with Gasteiger partial charge in [-0.05, 0) is 30.2 Å². The smallest absolute Gasteiger partial charge is 0.301 e. The number of nitrogens with zero attached hydrogens (tertiary/aromatic N) is 1. The number of hydrogen-bond acceptors (Lipinski definition) is 5. The molecule has 0 aliphatic carbocycles. The quantitative estimate of drug-likeness (QED) is 0.418. The molecule has 1 amide bonds. The number of carbonyl (C=O) groups excluding carboxylic acids is 1. The first-order valence-electron chi connectivity index (χ1n) is 10.5. The van der Waals surface area contributed by atoms with E-state index in [0.29, 0.717) is 12.1 Å². The van der Waals surface area contributed by atoms with Gasteiger partial charge in [0.25, 0.3) is 5.91 Å². The third-order valence-electron chi connectivity index (χ3n) is 5.88. The molecule has 2 aliphatic heterocycles. The molecule has 4 N–H and O–H groups in total. The maximum Gasteiger partial charge on any atom is 0.301 e. The summed E-state index contributed by atoms with van der Waals surface area (Å²) in [6.07, 6.45) is 0.916. The van der Waals surface area contributed by atoms with Crippen LogP contribution in [0.3, 0.4) is 0 Å². The lowest BCUT2D eigenvalue weighted by Gasteiger charge is -2.19. The first-order valence-corrected chi connectivity index (χ1v) is 12.0. The number of amides is 1. The summed E-state index contributed by atoms with van der Waals surface area (Å²) in [7, 11) is -3.92. The van der Waals surface area contributed by atoms with Gasteiger partial charge in [-0.25, -0.2) is 4.72 Å². The molecule has 0 fully saturated rings. The van der Waals surface area contributed by atoms with Gasteiger partial charge in [0.2, 0.25) is 0 Å². The van der Waals surface area contributed by atoms with E-state index in [1.165, 1.54) is 11.1 Å². The van der Waals surface area contributed by atoms with E-state index in [9.17, 15) is 13.2 Å². The van der Waals surface area contributed by atoms with Gasteiger partial charge in [0.15, 0.2) is 0 Å². The molecule has 1 unspecified atom stereocenters. The SMILES string of the molecule is O=C1NS(=O)(=O)NCCNCCNC2Cc3ccccc3-c3cc4ccc1cc4n3C2. The average molecular weight is 440 g/mol. The summed E-state index contributed by atoms with van der Waals surface area (Å²) < 4.78 is 31.1. The van der Waals surface area contributed by atoms with Crippen LogP contribution in [-0.4, -0.2) is 51.1 Å². The Balaban J connectivity index is 1.64. The minimum Gasteiger partial charge on any atom is -0.339 e. The highest BCUT2D eigenvalue weighted by molar-refractivity contribution is 7.88. The molecule has 3 aromatic rings. The van der Waals surface area contributed by atoms with E-state index in [1.54, 1.807) is 12.1 Å². The Labute approximate surface area is 181 Å². The van der Waals surface area contributed by atoms with Crippen LogP contribution in [-0.2, 0) is 23.2 Å². The molecule has 4 bridgehead atoms. The van der Waals surface area contributed by atoms with Gasteiger partial charge < -0.3 is 15.2 Å². The zero-order valence-corrected chi connectivity index (χ0v) is 17.8. The molecule has 2 aromatic carbocycles. The molecular weight excluding hydrogens is 414 g/mol. The number of carbonyl (C=O) groups is 1. The van der Waals surface area contributed by atoms with E-state index in [2.05, 4.69) is 48.9 Å². The molecule has 3 heterocycles. The Kier molecular flexibility index (Phi) is 5.27. The van der Waals surface area contributed by atoms with Crippen LogP contribution < -0.4 is 20.1 Å². The molecule has 9 heteroatoms. The van der Waals surface area contributed by atoms with Gasteiger partial charge in [-0.1, -0.05) is 30.3 Å². The molecule has 8 nitrogen and oxygen atoms in total. The van der Waals surface area contributed by atoms with Crippen molar-refractivity contribution >= 4 is 27.0 Å². The van der Waals surface area contributed by atoms with Gasteiger partial charge in [-0.2, -0.15) is 13.1 Å². The summed E-state index contributed by atoms with van der Waals surface area (Å²) in [6, 6.07) is 16.1. The average Bonchev–Trinajstić information content (AvgIpc) is 3.01. The first kappa shape index (κ1) is 20.2. The molecule has 5 rings (SSSR count). The molecule has 0 saturated heterocycles. The van der Waals surface area contributed by atoms with Crippen molar-refractivity contribution in [3.05, 3.63) is 59.7 Å². The Morgan fingerprint density at radius 1 is 0.968 bits per heavy atom. The fraction of sp³-hybridized carbons (Fsp3) is 0.318. The predicted molar refractivity (Wildman–Crippen MR) is 120 cm³/mol. The fourth-order valence-corrected chi connectivity index (χ4v) is 5.24. The summed E-state index contributed by atoms with van der Waals surface area (Å²) in [4.78, 5) is 12.7. The summed E-state index contributed by atoms with van der Waals surface area (Å²) >= 11 is 0. The Bertz CT molecular complexity index is 1250. The van der Waals surface area contributed by atoms with Gasteiger partial charge in [-0.15, -0.1) is 0 Å². The lowest BCUT2D eigenvalue weighted by molar-refractivity contribution is 0.0981. The highest BCUT2D eigenvalue weighted by Crippen LogP contribution is 2.34. The number of aromatic nitrogens is 1. The van der Waals surface area contributed by atoms with Gasteiger partial charge in [0, 0.05) is 66.5 Å². The Morgan fingerprint density at radius 3 is 2.71 bits per heavy atom. The Hall–Kier alpha value is -2.72. The van der Waals surface area contributed by atoms with E-state index >= 15 is 0 Å². The Morgan fingerprint density at radius 2 is 1.81 bits per heavy atom. The first-order chi connectivity index (χ1) is 15.0. The zero-order chi connectivity index (χ0) is 21.4. The van der Waals surface area contributed by atoms with Crippen molar-refractivity contribution in [1.82, 2.24) is 24.6 Å². The topological polar surface area (TPSA) is 104 Å². The number of rotatable bonds is 0. The van der Waals surface area contributed by atoms with Crippen molar-refractivity contribution in [1.29, 1.82) is 0 Å². The molecule has 162 valence electrons. The van der Waals surface area contributed by atoms with Crippen LogP contribution in [0.2, 0.25) is 0 Å². The van der Waals surface area contributed by atoms with Gasteiger partial charge in [0.1, 0.15) is 0 Å². The van der Waals surface area contributed by atoms with Crippen LogP contribution in [0.1, 0.15) is 15.9 Å². The third kappa shape index (κ3) is 4.09. The summed E-state index contributed by atoms with van der Waals surface area (Å²) in [5.74, 6) is -0.645. The lowest BCUT2D eigenvalue weighted by Crippen LogP contribution is -2.44. The molecule has 31 heavy (non-hydrogen) atoms. The normalized spacial score (nSPS) is 21.5. The lowest BCUT2D eigenvalue weighted by atomic mass is 9.99. The zero-order valence-electron chi connectivity index (χ0n) is 17.0. The number of nitrogens with one attached hydrogen (secondary N) is 4. The largest absolute Gasteiger partial charge is 0.339 e. The van der Waals surface area contributed by atoms with Crippen LogP contribution in [0.25, 0.3) is 22.2 Å². The minimum absolute atomic E-state index is 0.199. The minimum atomic E-state index is -3.92. The highest BCUT2D eigenvalue weighted by Gasteiger charge is 2.24. The molecular formula is C22H25N5O3S. The van der Waals surface area contributed by atoms with Crippen molar-refractivity contribution in [2.75, 3.05) is 26.2 Å². The van der Waals surface area contributed by atoms with Crippen molar-refractivity contribution in [2.45, 2.75) is 19.0 Å². The van der Waals surface area contributed by atoms with Gasteiger partial charge in [-0.3, -0.25) is 4.79 Å².